The first-order valence-electron chi connectivity index (χ1n) is 10.0. The van der Waals surface area contributed by atoms with Gasteiger partial charge in [-0.2, -0.15) is 0 Å². The molecule has 4 rings (SSSR count). The van der Waals surface area contributed by atoms with Gasteiger partial charge in [-0.05, 0) is 23.3 Å². The molecule has 0 spiro atoms. The fraction of sp³-hybridized carbons (Fsp3) is 0.292. The predicted octanol–water partition coefficient (Wildman–Crippen LogP) is 2.38. The number of hydrogen-bond donors (Lipinski definition) is 1. The van der Waals surface area contributed by atoms with E-state index in [4.69, 9.17) is 18.6 Å². The van der Waals surface area contributed by atoms with Crippen LogP contribution in [-0.2, 0) is 26.1 Å². The Bertz CT molecular complexity index is 1050. The van der Waals surface area contributed by atoms with Gasteiger partial charge in [0.05, 0.1) is 20.8 Å². The average molecular weight is 408 g/mol. The zero-order valence-corrected chi connectivity index (χ0v) is 17.3. The van der Waals surface area contributed by atoms with Crippen molar-refractivity contribution in [2.75, 3.05) is 20.8 Å². The van der Waals surface area contributed by atoms with Crippen molar-refractivity contribution in [1.82, 2.24) is 0 Å². The van der Waals surface area contributed by atoms with Gasteiger partial charge in [0.15, 0.2) is 5.76 Å². The summed E-state index contributed by atoms with van der Waals surface area (Å²) in [6.45, 7) is 2.86. The number of quaternary nitrogens is 1. The van der Waals surface area contributed by atoms with E-state index in [0.29, 0.717) is 23.8 Å². The van der Waals surface area contributed by atoms with E-state index in [1.54, 1.807) is 20.3 Å². The van der Waals surface area contributed by atoms with Crippen molar-refractivity contribution < 1.29 is 23.5 Å². The molecule has 1 N–H and O–H groups in total. The van der Waals surface area contributed by atoms with E-state index in [2.05, 4.69) is 24.3 Å². The van der Waals surface area contributed by atoms with E-state index < -0.39 is 0 Å². The molecule has 1 aromatic heterocycles. The summed E-state index contributed by atoms with van der Waals surface area (Å²) in [5.74, 6) is 2.20. The van der Waals surface area contributed by atoms with Gasteiger partial charge in [0, 0.05) is 24.1 Å². The van der Waals surface area contributed by atoms with Crippen LogP contribution < -0.4 is 24.5 Å². The van der Waals surface area contributed by atoms with Gasteiger partial charge in [-0.3, -0.25) is 4.79 Å². The molecule has 0 saturated carbocycles. The average Bonchev–Trinajstić information content (AvgIpc) is 2.78. The molecule has 3 aromatic rings. The van der Waals surface area contributed by atoms with Crippen LogP contribution in [0.2, 0.25) is 0 Å². The Hall–Kier alpha value is -3.25. The van der Waals surface area contributed by atoms with Gasteiger partial charge in [0.2, 0.25) is 11.2 Å². The fourth-order valence-corrected chi connectivity index (χ4v) is 3.79. The van der Waals surface area contributed by atoms with Crippen LogP contribution in [0.15, 0.2) is 64.0 Å². The Labute approximate surface area is 175 Å². The van der Waals surface area contributed by atoms with Crippen LogP contribution in [0, 0.1) is 0 Å². The molecule has 1 unspecified atom stereocenters. The Balaban J connectivity index is 1.40. The molecule has 1 atom stereocenters. The SMILES string of the molecule is COc1cc(COc2coc(C[NH+]3CCc4ccccc4C3)cc2=O)cc(OC)c1. The summed E-state index contributed by atoms with van der Waals surface area (Å²) in [5, 5.41) is 0. The van der Waals surface area contributed by atoms with E-state index in [9.17, 15) is 4.79 Å². The first kappa shape index (κ1) is 20.0. The minimum absolute atomic E-state index is 0.178. The van der Waals surface area contributed by atoms with Gasteiger partial charge >= 0.3 is 0 Å². The molecular formula is C24H26NO5+. The van der Waals surface area contributed by atoms with E-state index >= 15 is 0 Å². The Morgan fingerprint density at radius 1 is 1.00 bits per heavy atom. The van der Waals surface area contributed by atoms with Crippen molar-refractivity contribution in [3.63, 3.8) is 0 Å². The molecule has 1 aliphatic heterocycles. The zero-order chi connectivity index (χ0) is 20.9. The zero-order valence-electron chi connectivity index (χ0n) is 17.3. The quantitative estimate of drug-likeness (QED) is 0.650. The third-order valence-electron chi connectivity index (χ3n) is 5.39. The molecule has 6 nitrogen and oxygen atoms in total. The molecule has 0 saturated heterocycles. The highest BCUT2D eigenvalue weighted by Gasteiger charge is 2.20. The topological polar surface area (TPSA) is 62.3 Å². The number of benzene rings is 2. The number of rotatable bonds is 7. The molecule has 0 aliphatic carbocycles. The lowest BCUT2D eigenvalue weighted by Gasteiger charge is -2.25. The van der Waals surface area contributed by atoms with Crippen molar-refractivity contribution in [2.45, 2.75) is 26.1 Å². The molecule has 156 valence electrons. The third kappa shape index (κ3) is 4.66. The molecule has 1 aliphatic rings. The van der Waals surface area contributed by atoms with Crippen molar-refractivity contribution in [1.29, 1.82) is 0 Å². The largest absolute Gasteiger partial charge is 0.497 e. The highest BCUT2D eigenvalue weighted by molar-refractivity contribution is 5.38. The molecular weight excluding hydrogens is 382 g/mol. The Kier molecular flexibility index (Phi) is 6.05. The summed E-state index contributed by atoms with van der Waals surface area (Å²) in [5.41, 5.74) is 3.45. The first-order valence-corrected chi connectivity index (χ1v) is 10.0. The van der Waals surface area contributed by atoms with Crippen LogP contribution in [0.5, 0.6) is 17.2 Å². The van der Waals surface area contributed by atoms with Gasteiger partial charge in [0.1, 0.15) is 37.5 Å². The smallest absolute Gasteiger partial charge is 0.227 e. The maximum Gasteiger partial charge on any atom is 0.227 e. The Morgan fingerprint density at radius 2 is 1.73 bits per heavy atom. The molecule has 2 heterocycles. The minimum Gasteiger partial charge on any atom is -0.497 e. The summed E-state index contributed by atoms with van der Waals surface area (Å²) in [6, 6.07) is 15.5. The van der Waals surface area contributed by atoms with Crippen LogP contribution in [-0.4, -0.2) is 20.8 Å². The van der Waals surface area contributed by atoms with Gasteiger partial charge < -0.3 is 23.5 Å². The lowest BCUT2D eigenvalue weighted by atomic mass is 10.00. The second-order valence-corrected chi connectivity index (χ2v) is 7.46. The lowest BCUT2D eigenvalue weighted by Crippen LogP contribution is -3.10. The van der Waals surface area contributed by atoms with E-state index in [0.717, 1.165) is 25.1 Å². The van der Waals surface area contributed by atoms with Crippen molar-refractivity contribution in [3.05, 3.63) is 87.5 Å². The van der Waals surface area contributed by atoms with E-state index in [1.165, 1.54) is 28.4 Å². The summed E-state index contributed by atoms with van der Waals surface area (Å²) in [7, 11) is 3.19. The highest BCUT2D eigenvalue weighted by atomic mass is 16.5. The first-order chi connectivity index (χ1) is 14.6. The standard InChI is InChI=1S/C24H25NO5/c1-27-20-9-17(10-21(11-20)28-2)15-30-24-16-29-22(12-23(24)26)14-25-8-7-18-5-3-4-6-19(18)13-25/h3-6,9-12,16H,7-8,13-15H2,1-2H3/p+1. The second kappa shape index (κ2) is 9.05. The van der Waals surface area contributed by atoms with Crippen molar-refractivity contribution in [2.24, 2.45) is 0 Å². The maximum atomic E-state index is 12.5. The summed E-state index contributed by atoms with van der Waals surface area (Å²) in [4.78, 5) is 13.9. The van der Waals surface area contributed by atoms with Gasteiger partial charge in [-0.15, -0.1) is 0 Å². The van der Waals surface area contributed by atoms with Gasteiger partial charge in [-0.25, -0.2) is 0 Å². The van der Waals surface area contributed by atoms with Crippen molar-refractivity contribution in [3.8, 4) is 17.2 Å². The second-order valence-electron chi connectivity index (χ2n) is 7.46. The molecule has 0 fully saturated rings. The maximum absolute atomic E-state index is 12.5. The number of hydrogen-bond acceptors (Lipinski definition) is 5. The third-order valence-corrected chi connectivity index (χ3v) is 5.39. The normalized spacial score (nSPS) is 15.3. The van der Waals surface area contributed by atoms with E-state index in [1.807, 2.05) is 12.1 Å². The van der Waals surface area contributed by atoms with Crippen molar-refractivity contribution >= 4 is 0 Å². The molecule has 0 amide bonds. The summed E-state index contributed by atoms with van der Waals surface area (Å²) in [6.07, 6.45) is 2.45. The number of nitrogens with one attached hydrogen (secondary N) is 1. The lowest BCUT2D eigenvalue weighted by molar-refractivity contribution is -0.930. The van der Waals surface area contributed by atoms with Crippen LogP contribution in [0.4, 0.5) is 0 Å². The summed E-state index contributed by atoms with van der Waals surface area (Å²) < 4.78 is 21.9. The van der Waals surface area contributed by atoms with Gasteiger partial charge in [-0.1, -0.05) is 24.3 Å². The highest BCUT2D eigenvalue weighted by Crippen LogP contribution is 2.23. The molecule has 0 bridgehead atoms. The van der Waals surface area contributed by atoms with Gasteiger partial charge in [0.25, 0.3) is 0 Å². The predicted molar refractivity (Wildman–Crippen MR) is 112 cm³/mol. The molecule has 2 aromatic carbocycles. The van der Waals surface area contributed by atoms with E-state index in [-0.39, 0.29) is 17.8 Å². The van der Waals surface area contributed by atoms with Crippen LogP contribution in [0.25, 0.3) is 0 Å². The number of methoxy groups -OCH3 is 2. The fourth-order valence-electron chi connectivity index (χ4n) is 3.79. The summed E-state index contributed by atoms with van der Waals surface area (Å²) >= 11 is 0. The number of fused-ring (bicyclic) bond motifs is 1. The Morgan fingerprint density at radius 3 is 2.43 bits per heavy atom. The molecule has 30 heavy (non-hydrogen) atoms. The van der Waals surface area contributed by atoms with Crippen LogP contribution in [0.3, 0.4) is 0 Å². The molecule has 6 heteroatoms. The minimum atomic E-state index is -0.178. The van der Waals surface area contributed by atoms with Crippen LogP contribution >= 0.6 is 0 Å². The monoisotopic (exact) mass is 408 g/mol. The molecule has 0 radical (unpaired) electrons. The van der Waals surface area contributed by atoms with Crippen LogP contribution in [0.1, 0.15) is 22.5 Å². The number of ether oxygens (including phenoxy) is 3.